The molecule has 39 heavy (non-hydrogen) atoms. The zero-order valence-corrected chi connectivity index (χ0v) is 21.7. The summed E-state index contributed by atoms with van der Waals surface area (Å²) in [6.45, 7) is 0. The van der Waals surface area contributed by atoms with Crippen LogP contribution in [0.25, 0.3) is 49.3 Å². The monoisotopic (exact) mass is 518 g/mol. The topological polar surface area (TPSA) is 34.0 Å². The average Bonchev–Trinajstić information content (AvgIpc) is 3.62. The van der Waals surface area contributed by atoms with E-state index >= 15 is 0 Å². The van der Waals surface area contributed by atoms with Gasteiger partial charge in [0.2, 0.25) is 0 Å². The highest BCUT2D eigenvalue weighted by Gasteiger charge is 2.22. The molecule has 0 fully saturated rings. The molecule has 0 spiro atoms. The molecule has 0 aliphatic heterocycles. The van der Waals surface area contributed by atoms with E-state index in [4.69, 9.17) is 8.75 Å². The summed E-state index contributed by atoms with van der Waals surface area (Å²) in [5, 5.41) is 4.85. The number of nitrogens with zero attached hydrogens (tertiary/aromatic N) is 4. The number of benzene rings is 6. The van der Waals surface area contributed by atoms with Gasteiger partial charge in [-0.2, -0.15) is 8.75 Å². The number of anilines is 3. The van der Waals surface area contributed by atoms with Gasteiger partial charge in [-0.05, 0) is 47.9 Å². The normalized spacial score (nSPS) is 11.6. The Labute approximate surface area is 229 Å². The number of aromatic nitrogens is 3. The smallest absolute Gasteiger partial charge is 0.130 e. The highest BCUT2D eigenvalue weighted by Crippen LogP contribution is 2.43. The molecule has 0 saturated heterocycles. The molecule has 0 amide bonds. The third-order valence-corrected chi connectivity index (χ3v) is 7.99. The van der Waals surface area contributed by atoms with E-state index in [-0.39, 0.29) is 0 Å². The Balaban J connectivity index is 1.42. The first-order valence-electron chi connectivity index (χ1n) is 13.0. The van der Waals surface area contributed by atoms with Gasteiger partial charge in [-0.3, -0.25) is 0 Å². The Morgan fingerprint density at radius 2 is 1.10 bits per heavy atom. The van der Waals surface area contributed by atoms with Gasteiger partial charge in [0.1, 0.15) is 11.0 Å². The Hall–Kier alpha value is -5.00. The van der Waals surface area contributed by atoms with Gasteiger partial charge < -0.3 is 9.47 Å². The first-order chi connectivity index (χ1) is 19.4. The summed E-state index contributed by atoms with van der Waals surface area (Å²) in [6.07, 6.45) is 0. The van der Waals surface area contributed by atoms with Crippen molar-refractivity contribution in [2.24, 2.45) is 0 Å². The predicted octanol–water partition coefficient (Wildman–Crippen LogP) is 9.41. The highest BCUT2D eigenvalue weighted by molar-refractivity contribution is 7.00. The van der Waals surface area contributed by atoms with E-state index in [1.54, 1.807) is 0 Å². The molecule has 0 atom stereocenters. The highest BCUT2D eigenvalue weighted by atomic mass is 32.1. The molecule has 0 radical (unpaired) electrons. The maximum Gasteiger partial charge on any atom is 0.130 e. The summed E-state index contributed by atoms with van der Waals surface area (Å²) in [7, 11) is 0. The van der Waals surface area contributed by atoms with Gasteiger partial charge in [-0.25, -0.2) is 0 Å². The summed E-state index contributed by atoms with van der Waals surface area (Å²) in [4.78, 5) is 2.31. The molecule has 4 nitrogen and oxygen atoms in total. The standard InChI is InChI=1S/C34H22N4S/c1-2-13-24(14-3-1)37(28-20-10-12-23-11-4-5-15-25(23)28)31-21-22-32(34-33(31)35-39-36-34)38-29-18-8-6-16-26(29)27-17-7-9-19-30(27)38/h1-22H. The van der Waals surface area contributed by atoms with Crippen molar-refractivity contribution in [1.82, 2.24) is 13.3 Å². The van der Waals surface area contributed by atoms with Crippen LogP contribution < -0.4 is 4.90 Å². The van der Waals surface area contributed by atoms with Gasteiger partial charge in [0.05, 0.1) is 39.8 Å². The number of hydrogen-bond acceptors (Lipinski definition) is 4. The van der Waals surface area contributed by atoms with E-state index in [2.05, 4.69) is 143 Å². The van der Waals surface area contributed by atoms with Gasteiger partial charge in [-0.15, -0.1) is 0 Å². The summed E-state index contributed by atoms with van der Waals surface area (Å²) >= 11 is 1.26. The molecule has 2 aromatic heterocycles. The van der Waals surface area contributed by atoms with Crippen LogP contribution in [0, 0.1) is 0 Å². The van der Waals surface area contributed by atoms with E-state index in [0.717, 1.165) is 44.8 Å². The molecule has 0 unspecified atom stereocenters. The van der Waals surface area contributed by atoms with E-state index in [0.29, 0.717) is 0 Å². The maximum atomic E-state index is 4.88. The molecule has 0 saturated carbocycles. The first kappa shape index (κ1) is 22.0. The van der Waals surface area contributed by atoms with Crippen molar-refractivity contribution in [2.45, 2.75) is 0 Å². The second-order valence-electron chi connectivity index (χ2n) is 9.60. The minimum absolute atomic E-state index is 0.885. The van der Waals surface area contributed by atoms with Crippen LogP contribution in [0.15, 0.2) is 133 Å². The van der Waals surface area contributed by atoms with Crippen molar-refractivity contribution in [1.29, 1.82) is 0 Å². The molecule has 0 N–H and O–H groups in total. The molecule has 5 heteroatoms. The predicted molar refractivity (Wildman–Crippen MR) is 164 cm³/mol. The van der Waals surface area contributed by atoms with Gasteiger partial charge in [-0.1, -0.05) is 91.0 Å². The van der Waals surface area contributed by atoms with Crippen molar-refractivity contribution in [2.75, 3.05) is 4.90 Å². The molecule has 8 aromatic rings. The van der Waals surface area contributed by atoms with E-state index in [9.17, 15) is 0 Å². The molecule has 184 valence electrons. The Kier molecular flexibility index (Phi) is 4.96. The van der Waals surface area contributed by atoms with Crippen molar-refractivity contribution in [3.8, 4) is 5.69 Å². The maximum absolute atomic E-state index is 4.88. The lowest BCUT2D eigenvalue weighted by molar-refractivity contribution is 1.19. The molecule has 0 aliphatic rings. The lowest BCUT2D eigenvalue weighted by atomic mass is 10.1. The molecular weight excluding hydrogens is 496 g/mol. The Bertz CT molecular complexity index is 2080. The number of hydrogen-bond donors (Lipinski definition) is 0. The minimum Gasteiger partial charge on any atom is -0.308 e. The molecular formula is C34H22N4S. The van der Waals surface area contributed by atoms with Crippen LogP contribution >= 0.6 is 11.7 Å². The quantitative estimate of drug-likeness (QED) is 0.233. The fraction of sp³-hybridized carbons (Fsp3) is 0. The van der Waals surface area contributed by atoms with Crippen LogP contribution in [0.5, 0.6) is 0 Å². The van der Waals surface area contributed by atoms with E-state index in [1.807, 2.05) is 0 Å². The second kappa shape index (κ2) is 8.79. The van der Waals surface area contributed by atoms with E-state index in [1.165, 1.54) is 33.3 Å². The summed E-state index contributed by atoms with van der Waals surface area (Å²) in [5.74, 6) is 0. The van der Waals surface area contributed by atoms with Crippen LogP contribution in [0.3, 0.4) is 0 Å². The molecule has 6 aromatic carbocycles. The largest absolute Gasteiger partial charge is 0.308 e. The molecule has 0 aliphatic carbocycles. The number of fused-ring (bicyclic) bond motifs is 5. The van der Waals surface area contributed by atoms with Crippen LogP contribution in [-0.2, 0) is 0 Å². The molecule has 2 heterocycles. The second-order valence-corrected chi connectivity index (χ2v) is 10.1. The average molecular weight is 519 g/mol. The SMILES string of the molecule is c1ccc(N(c2cccc3ccccc23)c2ccc(-n3c4ccccc4c4ccccc43)c3nsnc23)cc1. The third kappa shape index (κ3) is 3.37. The lowest BCUT2D eigenvalue weighted by Gasteiger charge is -2.27. The van der Waals surface area contributed by atoms with Crippen molar-refractivity contribution >= 4 is 72.4 Å². The van der Waals surface area contributed by atoms with Crippen molar-refractivity contribution in [3.05, 3.63) is 133 Å². The number of para-hydroxylation sites is 3. The fourth-order valence-corrected chi connectivity index (χ4v) is 6.34. The first-order valence-corrected chi connectivity index (χ1v) is 13.7. The molecule has 0 bridgehead atoms. The molecule has 8 rings (SSSR count). The summed E-state index contributed by atoms with van der Waals surface area (Å²) in [6, 6.07) is 47.0. The number of rotatable bonds is 4. The zero-order chi connectivity index (χ0) is 25.8. The van der Waals surface area contributed by atoms with Crippen LogP contribution in [0.1, 0.15) is 0 Å². The van der Waals surface area contributed by atoms with Crippen LogP contribution in [0.2, 0.25) is 0 Å². The summed E-state index contributed by atoms with van der Waals surface area (Å²) in [5.41, 5.74) is 8.33. The minimum atomic E-state index is 0.885. The summed E-state index contributed by atoms with van der Waals surface area (Å²) < 4.78 is 12.1. The van der Waals surface area contributed by atoms with Crippen molar-refractivity contribution in [3.63, 3.8) is 0 Å². The Morgan fingerprint density at radius 1 is 0.487 bits per heavy atom. The third-order valence-electron chi connectivity index (χ3n) is 7.46. The van der Waals surface area contributed by atoms with Gasteiger partial charge in [0, 0.05) is 21.8 Å². The van der Waals surface area contributed by atoms with Gasteiger partial charge in [0.15, 0.2) is 0 Å². The zero-order valence-electron chi connectivity index (χ0n) is 20.9. The van der Waals surface area contributed by atoms with Crippen molar-refractivity contribution < 1.29 is 0 Å². The van der Waals surface area contributed by atoms with Gasteiger partial charge >= 0.3 is 0 Å². The Morgan fingerprint density at radius 3 is 1.87 bits per heavy atom. The van der Waals surface area contributed by atoms with Gasteiger partial charge in [0.25, 0.3) is 0 Å². The van der Waals surface area contributed by atoms with Crippen LogP contribution in [0.4, 0.5) is 17.1 Å². The van der Waals surface area contributed by atoms with Crippen LogP contribution in [-0.4, -0.2) is 13.3 Å². The lowest BCUT2D eigenvalue weighted by Crippen LogP contribution is -2.11. The fourth-order valence-electron chi connectivity index (χ4n) is 5.77. The van der Waals surface area contributed by atoms with E-state index < -0.39 is 0 Å².